The molecule has 1 aliphatic heterocycles. The van der Waals surface area contributed by atoms with Gasteiger partial charge in [-0.1, -0.05) is 13.0 Å². The van der Waals surface area contributed by atoms with Gasteiger partial charge in [-0.05, 0) is 42.6 Å². The fourth-order valence-electron chi connectivity index (χ4n) is 2.08. The molecule has 0 saturated carbocycles. The van der Waals surface area contributed by atoms with Crippen molar-refractivity contribution in [3.63, 3.8) is 0 Å². The number of hydrogen-bond acceptors (Lipinski definition) is 2. The number of benzene rings is 1. The van der Waals surface area contributed by atoms with E-state index < -0.39 is 0 Å². The van der Waals surface area contributed by atoms with Crippen LogP contribution in [0, 0.1) is 5.82 Å². The van der Waals surface area contributed by atoms with Crippen molar-refractivity contribution in [2.24, 2.45) is 0 Å². The lowest BCUT2D eigenvalue weighted by molar-refractivity contribution is 0.0425. The van der Waals surface area contributed by atoms with Crippen LogP contribution in [0.3, 0.4) is 0 Å². The average molecular weight is 223 g/mol. The maximum atomic E-state index is 13.1. The molecule has 1 N–H and O–H groups in total. The molecule has 1 atom stereocenters. The van der Waals surface area contributed by atoms with Crippen molar-refractivity contribution in [1.82, 2.24) is 5.32 Å². The summed E-state index contributed by atoms with van der Waals surface area (Å²) in [5, 5.41) is 3.34. The van der Waals surface area contributed by atoms with E-state index in [0.29, 0.717) is 6.61 Å². The quantitative estimate of drug-likeness (QED) is 0.792. The summed E-state index contributed by atoms with van der Waals surface area (Å²) in [4.78, 5) is 0. The van der Waals surface area contributed by atoms with E-state index in [4.69, 9.17) is 4.74 Å². The zero-order valence-corrected chi connectivity index (χ0v) is 9.63. The number of rotatable bonds is 4. The largest absolute Gasteiger partial charge is 0.372 e. The van der Waals surface area contributed by atoms with Crippen molar-refractivity contribution >= 4 is 0 Å². The Labute approximate surface area is 95.8 Å². The molecule has 1 aliphatic rings. The van der Waals surface area contributed by atoms with Gasteiger partial charge in [0.05, 0.1) is 12.7 Å². The van der Waals surface area contributed by atoms with Gasteiger partial charge in [0.2, 0.25) is 0 Å². The topological polar surface area (TPSA) is 21.3 Å². The fraction of sp³-hybridized carbons (Fsp3) is 0.538. The van der Waals surface area contributed by atoms with Crippen molar-refractivity contribution < 1.29 is 9.13 Å². The van der Waals surface area contributed by atoms with Gasteiger partial charge in [0, 0.05) is 6.54 Å². The Bertz CT molecular complexity index is 354. The molecule has 0 amide bonds. The van der Waals surface area contributed by atoms with Gasteiger partial charge in [-0.25, -0.2) is 4.39 Å². The third-order valence-electron chi connectivity index (χ3n) is 2.90. The monoisotopic (exact) mass is 223 g/mol. The highest BCUT2D eigenvalue weighted by atomic mass is 19.1. The Kier molecular flexibility index (Phi) is 3.91. The van der Waals surface area contributed by atoms with E-state index in [1.165, 1.54) is 6.07 Å². The lowest BCUT2D eigenvalue weighted by Crippen LogP contribution is -2.28. The van der Waals surface area contributed by atoms with E-state index >= 15 is 0 Å². The predicted molar refractivity (Wildman–Crippen MR) is 62.0 cm³/mol. The first-order valence-corrected chi connectivity index (χ1v) is 5.92. The number of nitrogens with one attached hydrogen (secondary N) is 1. The zero-order chi connectivity index (χ0) is 11.4. The molecular weight excluding hydrogens is 205 g/mol. The molecular formula is C13H18FNO. The molecule has 2 rings (SSSR count). The van der Waals surface area contributed by atoms with Gasteiger partial charge in [0.1, 0.15) is 5.82 Å². The van der Waals surface area contributed by atoms with Crippen molar-refractivity contribution in [2.75, 3.05) is 19.7 Å². The number of halogens is 1. The zero-order valence-electron chi connectivity index (χ0n) is 9.63. The van der Waals surface area contributed by atoms with E-state index in [2.05, 4.69) is 12.2 Å². The van der Waals surface area contributed by atoms with Crippen molar-refractivity contribution in [3.05, 3.63) is 35.1 Å². The summed E-state index contributed by atoms with van der Waals surface area (Å²) in [6.07, 6.45) is 2.01. The van der Waals surface area contributed by atoms with Crippen LogP contribution in [-0.4, -0.2) is 19.7 Å². The minimum atomic E-state index is -0.152. The third kappa shape index (κ3) is 2.60. The molecule has 0 unspecified atom stereocenters. The lowest BCUT2D eigenvalue weighted by Gasteiger charge is -2.26. The predicted octanol–water partition coefficient (Wildman–Crippen LogP) is 2.44. The molecule has 0 aromatic heterocycles. The minimum Gasteiger partial charge on any atom is -0.372 e. The Balaban J connectivity index is 2.07. The Morgan fingerprint density at radius 3 is 3.19 bits per heavy atom. The molecule has 1 heterocycles. The SMILES string of the molecule is CCCNC[C@@H]1OCCc2cc(F)ccc21. The molecule has 0 bridgehead atoms. The molecule has 0 saturated heterocycles. The minimum absolute atomic E-state index is 0.0795. The maximum Gasteiger partial charge on any atom is 0.123 e. The number of ether oxygens (including phenoxy) is 1. The molecule has 3 heteroatoms. The highest BCUT2D eigenvalue weighted by molar-refractivity contribution is 5.31. The van der Waals surface area contributed by atoms with Crippen LogP contribution < -0.4 is 5.32 Å². The lowest BCUT2D eigenvalue weighted by atomic mass is 9.97. The summed E-state index contributed by atoms with van der Waals surface area (Å²) >= 11 is 0. The van der Waals surface area contributed by atoms with Gasteiger partial charge in [-0.2, -0.15) is 0 Å². The van der Waals surface area contributed by atoms with E-state index in [1.807, 2.05) is 6.07 Å². The van der Waals surface area contributed by atoms with E-state index in [0.717, 1.165) is 37.1 Å². The van der Waals surface area contributed by atoms with Crippen LogP contribution in [0.2, 0.25) is 0 Å². The van der Waals surface area contributed by atoms with Crippen LogP contribution in [0.5, 0.6) is 0 Å². The second kappa shape index (κ2) is 5.41. The Morgan fingerprint density at radius 1 is 1.50 bits per heavy atom. The summed E-state index contributed by atoms with van der Waals surface area (Å²) in [7, 11) is 0. The van der Waals surface area contributed by atoms with Crippen LogP contribution in [0.15, 0.2) is 18.2 Å². The first-order chi connectivity index (χ1) is 7.81. The number of hydrogen-bond donors (Lipinski definition) is 1. The summed E-state index contributed by atoms with van der Waals surface area (Å²) in [6.45, 7) is 4.63. The van der Waals surface area contributed by atoms with Crippen molar-refractivity contribution in [2.45, 2.75) is 25.9 Å². The summed E-state index contributed by atoms with van der Waals surface area (Å²) in [5.41, 5.74) is 2.23. The first kappa shape index (κ1) is 11.6. The van der Waals surface area contributed by atoms with Crippen LogP contribution in [0.25, 0.3) is 0 Å². The third-order valence-corrected chi connectivity index (χ3v) is 2.90. The van der Waals surface area contributed by atoms with E-state index in [1.54, 1.807) is 6.07 Å². The average Bonchev–Trinajstić information content (AvgIpc) is 2.29. The van der Waals surface area contributed by atoms with Crippen molar-refractivity contribution in [1.29, 1.82) is 0 Å². The molecule has 0 radical (unpaired) electrons. The molecule has 16 heavy (non-hydrogen) atoms. The van der Waals surface area contributed by atoms with Gasteiger partial charge in [-0.3, -0.25) is 0 Å². The molecule has 2 nitrogen and oxygen atoms in total. The Morgan fingerprint density at radius 2 is 2.38 bits per heavy atom. The first-order valence-electron chi connectivity index (χ1n) is 5.92. The van der Waals surface area contributed by atoms with Gasteiger partial charge >= 0.3 is 0 Å². The summed E-state index contributed by atoms with van der Waals surface area (Å²) in [5.74, 6) is -0.152. The summed E-state index contributed by atoms with van der Waals surface area (Å²) < 4.78 is 18.8. The highest BCUT2D eigenvalue weighted by Crippen LogP contribution is 2.27. The second-order valence-corrected chi connectivity index (χ2v) is 4.16. The van der Waals surface area contributed by atoms with Crippen LogP contribution in [0.4, 0.5) is 4.39 Å². The molecule has 0 spiro atoms. The Hall–Kier alpha value is -0.930. The van der Waals surface area contributed by atoms with E-state index in [-0.39, 0.29) is 11.9 Å². The second-order valence-electron chi connectivity index (χ2n) is 4.16. The number of fused-ring (bicyclic) bond motifs is 1. The van der Waals surface area contributed by atoms with Gasteiger partial charge in [0.15, 0.2) is 0 Å². The maximum absolute atomic E-state index is 13.1. The van der Waals surface area contributed by atoms with Crippen LogP contribution in [0.1, 0.15) is 30.6 Å². The smallest absolute Gasteiger partial charge is 0.123 e. The van der Waals surface area contributed by atoms with Crippen LogP contribution in [-0.2, 0) is 11.2 Å². The molecule has 0 aliphatic carbocycles. The fourth-order valence-corrected chi connectivity index (χ4v) is 2.08. The van der Waals surface area contributed by atoms with Gasteiger partial charge < -0.3 is 10.1 Å². The van der Waals surface area contributed by atoms with E-state index in [9.17, 15) is 4.39 Å². The molecule has 88 valence electrons. The van der Waals surface area contributed by atoms with Crippen LogP contribution >= 0.6 is 0 Å². The van der Waals surface area contributed by atoms with Gasteiger partial charge in [0.25, 0.3) is 0 Å². The van der Waals surface area contributed by atoms with Crippen molar-refractivity contribution in [3.8, 4) is 0 Å². The summed E-state index contributed by atoms with van der Waals surface area (Å²) in [6, 6.07) is 4.99. The standard InChI is InChI=1S/C13H18FNO/c1-2-6-15-9-13-12-4-3-11(14)8-10(12)5-7-16-13/h3-4,8,13,15H,2,5-7,9H2,1H3/t13-/m0/s1. The highest BCUT2D eigenvalue weighted by Gasteiger charge is 2.20. The molecule has 0 fully saturated rings. The molecule has 1 aromatic carbocycles. The van der Waals surface area contributed by atoms with Gasteiger partial charge in [-0.15, -0.1) is 0 Å². The molecule has 1 aromatic rings. The normalized spacial score (nSPS) is 19.5.